The van der Waals surface area contributed by atoms with Gasteiger partial charge in [0.15, 0.2) is 0 Å². The lowest BCUT2D eigenvalue weighted by Gasteiger charge is -2.21. The normalized spacial score (nSPS) is 17.8. The molecule has 28 heavy (non-hydrogen) atoms. The molecule has 0 unspecified atom stereocenters. The van der Waals surface area contributed by atoms with E-state index >= 15 is 0 Å². The molecule has 2 N–H and O–H groups in total. The summed E-state index contributed by atoms with van der Waals surface area (Å²) in [4.78, 5) is 11.0. The Labute approximate surface area is 163 Å². The predicted molar refractivity (Wildman–Crippen MR) is 101 cm³/mol. The van der Waals surface area contributed by atoms with E-state index in [1.807, 2.05) is 0 Å². The molecule has 2 aliphatic rings. The number of carbonyl (C=O) groups is 1. The molecule has 4 rings (SSSR count). The zero-order valence-electron chi connectivity index (χ0n) is 15.6. The number of ether oxygens (including phenoxy) is 1. The van der Waals surface area contributed by atoms with Crippen molar-refractivity contribution in [3.8, 4) is 5.75 Å². The van der Waals surface area contributed by atoms with Crippen molar-refractivity contribution >= 4 is 16.0 Å². The second-order valence-corrected chi connectivity index (χ2v) is 9.21. The minimum Gasteiger partial charge on any atom is -0.495 e. The van der Waals surface area contributed by atoms with Gasteiger partial charge in [0.2, 0.25) is 10.0 Å². The van der Waals surface area contributed by atoms with Gasteiger partial charge in [-0.15, -0.1) is 0 Å². The van der Waals surface area contributed by atoms with Gasteiger partial charge in [-0.25, -0.2) is 8.42 Å². The van der Waals surface area contributed by atoms with E-state index in [0.717, 1.165) is 29.8 Å². The maximum atomic E-state index is 13.3. The first kappa shape index (κ1) is 18.9. The Hall–Kier alpha value is -2.39. The molecule has 2 aromatic rings. The van der Waals surface area contributed by atoms with E-state index in [9.17, 15) is 13.2 Å². The maximum absolute atomic E-state index is 13.3. The molecule has 8 nitrogen and oxygen atoms in total. The summed E-state index contributed by atoms with van der Waals surface area (Å²) in [5.41, 5.74) is 3.69. The average Bonchev–Trinajstić information content (AvgIpc) is 3.46. The van der Waals surface area contributed by atoms with Crippen LogP contribution in [0.15, 0.2) is 23.1 Å². The topological polar surface area (TPSA) is 113 Å². The van der Waals surface area contributed by atoms with E-state index in [1.165, 1.54) is 23.5 Å². The summed E-state index contributed by atoms with van der Waals surface area (Å²) in [5.74, 6) is -0.282. The van der Waals surface area contributed by atoms with Crippen LogP contribution in [0.3, 0.4) is 0 Å². The number of sulfonamides is 1. The van der Waals surface area contributed by atoms with Crippen LogP contribution in [0.5, 0.6) is 5.75 Å². The smallest absolute Gasteiger partial charge is 0.307 e. The molecule has 150 valence electrons. The fraction of sp³-hybridized carbons (Fsp3) is 0.474. The highest BCUT2D eigenvalue weighted by Crippen LogP contribution is 2.42. The number of hydrogen-bond donors (Lipinski definition) is 2. The minimum absolute atomic E-state index is 0.0138. The first-order valence-electron chi connectivity index (χ1n) is 9.35. The fourth-order valence-electron chi connectivity index (χ4n) is 3.77. The number of H-pyrrole nitrogens is 1. The standard InChI is InChI=1S/C19H23N3O5S/c1-27-16-5-2-12(11-18(23)24)10-17(16)28(25,26)22-8-6-14-15(7-9-22)20-21-19(14)13-3-4-13/h2,5,10,13H,3-4,6-9,11H2,1H3,(H,20,21)(H,23,24). The quantitative estimate of drug-likeness (QED) is 0.757. The highest BCUT2D eigenvalue weighted by atomic mass is 32.2. The molecule has 1 fully saturated rings. The van der Waals surface area contributed by atoms with Gasteiger partial charge >= 0.3 is 5.97 Å². The summed E-state index contributed by atoms with van der Waals surface area (Å²) < 4.78 is 33.4. The zero-order valence-corrected chi connectivity index (χ0v) is 16.5. The lowest BCUT2D eigenvalue weighted by atomic mass is 10.1. The van der Waals surface area contributed by atoms with E-state index in [4.69, 9.17) is 9.84 Å². The van der Waals surface area contributed by atoms with Crippen molar-refractivity contribution < 1.29 is 23.1 Å². The molecule has 1 aliphatic carbocycles. The molecule has 2 heterocycles. The van der Waals surface area contributed by atoms with Crippen LogP contribution in [0, 0.1) is 0 Å². The third-order valence-electron chi connectivity index (χ3n) is 5.37. The molecule has 0 atom stereocenters. The lowest BCUT2D eigenvalue weighted by molar-refractivity contribution is -0.136. The molecule has 1 aromatic heterocycles. The van der Waals surface area contributed by atoms with Gasteiger partial charge in [0.1, 0.15) is 10.6 Å². The van der Waals surface area contributed by atoms with Crippen LogP contribution in [0.2, 0.25) is 0 Å². The Morgan fingerprint density at radius 1 is 1.32 bits per heavy atom. The Morgan fingerprint density at radius 2 is 2.07 bits per heavy atom. The fourth-order valence-corrected chi connectivity index (χ4v) is 5.42. The molecule has 1 aliphatic heterocycles. The molecule has 0 radical (unpaired) electrons. The van der Waals surface area contributed by atoms with Crippen LogP contribution in [-0.2, 0) is 34.1 Å². The van der Waals surface area contributed by atoms with Gasteiger partial charge in [-0.1, -0.05) is 6.07 Å². The van der Waals surface area contributed by atoms with Gasteiger partial charge in [0.25, 0.3) is 0 Å². The summed E-state index contributed by atoms with van der Waals surface area (Å²) >= 11 is 0. The van der Waals surface area contributed by atoms with Crippen LogP contribution in [0.4, 0.5) is 0 Å². The number of carboxylic acids is 1. The van der Waals surface area contributed by atoms with Crippen LogP contribution in [0.25, 0.3) is 0 Å². The highest BCUT2D eigenvalue weighted by Gasteiger charge is 2.34. The third kappa shape index (κ3) is 3.51. The van der Waals surface area contributed by atoms with Gasteiger partial charge in [-0.05, 0) is 42.5 Å². The Kier molecular flexibility index (Phi) is 4.88. The highest BCUT2D eigenvalue weighted by molar-refractivity contribution is 7.89. The van der Waals surface area contributed by atoms with Crippen LogP contribution in [-0.4, -0.2) is 54.2 Å². The number of aliphatic carboxylic acids is 1. The largest absolute Gasteiger partial charge is 0.495 e. The number of aromatic nitrogens is 2. The van der Waals surface area contributed by atoms with Crippen LogP contribution >= 0.6 is 0 Å². The number of aromatic amines is 1. The summed E-state index contributed by atoms with van der Waals surface area (Å²) in [5, 5.41) is 16.6. The Bertz CT molecular complexity index is 1010. The van der Waals surface area contributed by atoms with Crippen LogP contribution in [0.1, 0.15) is 41.3 Å². The van der Waals surface area contributed by atoms with Gasteiger partial charge in [-0.3, -0.25) is 9.89 Å². The summed E-state index contributed by atoms with van der Waals surface area (Å²) in [7, 11) is -2.41. The molecule has 1 aromatic carbocycles. The molecular weight excluding hydrogens is 382 g/mol. The first-order chi connectivity index (χ1) is 13.4. The van der Waals surface area contributed by atoms with E-state index in [1.54, 1.807) is 6.07 Å². The SMILES string of the molecule is COc1ccc(CC(=O)O)cc1S(=O)(=O)N1CCc2[nH]nc(C3CC3)c2CC1. The molecule has 0 bridgehead atoms. The van der Waals surface area contributed by atoms with Crippen molar-refractivity contribution in [2.75, 3.05) is 20.2 Å². The van der Waals surface area contributed by atoms with Gasteiger partial charge < -0.3 is 9.84 Å². The summed E-state index contributed by atoms with van der Waals surface area (Å²) in [6.45, 7) is 0.703. The number of carboxylic acid groups (broad SMARTS) is 1. The zero-order chi connectivity index (χ0) is 19.9. The van der Waals surface area contributed by atoms with E-state index in [0.29, 0.717) is 37.4 Å². The maximum Gasteiger partial charge on any atom is 0.307 e. The van der Waals surface area contributed by atoms with Crippen molar-refractivity contribution in [1.82, 2.24) is 14.5 Å². The number of hydrogen-bond acceptors (Lipinski definition) is 5. The van der Waals surface area contributed by atoms with E-state index in [2.05, 4.69) is 10.2 Å². The number of nitrogens with zero attached hydrogens (tertiary/aromatic N) is 2. The van der Waals surface area contributed by atoms with Crippen molar-refractivity contribution in [3.63, 3.8) is 0 Å². The van der Waals surface area contributed by atoms with Crippen LogP contribution < -0.4 is 4.74 Å². The predicted octanol–water partition coefficient (Wildman–Crippen LogP) is 1.71. The van der Waals surface area contributed by atoms with Crippen molar-refractivity contribution in [3.05, 3.63) is 40.7 Å². The average molecular weight is 405 g/mol. The minimum atomic E-state index is -3.82. The van der Waals surface area contributed by atoms with Crippen molar-refractivity contribution in [2.45, 2.75) is 42.9 Å². The molecule has 0 saturated heterocycles. The monoisotopic (exact) mass is 405 g/mol. The molecule has 1 saturated carbocycles. The lowest BCUT2D eigenvalue weighted by Crippen LogP contribution is -2.33. The summed E-state index contributed by atoms with van der Waals surface area (Å²) in [6, 6.07) is 4.50. The Morgan fingerprint density at radius 3 is 2.75 bits per heavy atom. The van der Waals surface area contributed by atoms with Crippen molar-refractivity contribution in [1.29, 1.82) is 0 Å². The molecule has 9 heteroatoms. The summed E-state index contributed by atoms with van der Waals surface area (Å²) in [6.07, 6.45) is 3.24. The number of nitrogens with one attached hydrogen (secondary N) is 1. The molecule has 0 amide bonds. The third-order valence-corrected chi connectivity index (χ3v) is 7.29. The van der Waals surface area contributed by atoms with Gasteiger partial charge in [0.05, 0.1) is 19.2 Å². The van der Waals surface area contributed by atoms with Crippen molar-refractivity contribution in [2.24, 2.45) is 0 Å². The van der Waals surface area contributed by atoms with Gasteiger partial charge in [-0.2, -0.15) is 9.40 Å². The number of benzene rings is 1. The van der Waals surface area contributed by atoms with E-state index < -0.39 is 16.0 Å². The first-order valence-corrected chi connectivity index (χ1v) is 10.8. The second-order valence-electron chi connectivity index (χ2n) is 7.30. The number of methoxy groups -OCH3 is 1. The number of rotatable bonds is 6. The Balaban J connectivity index is 1.62. The van der Waals surface area contributed by atoms with E-state index in [-0.39, 0.29) is 17.1 Å². The molecular formula is C19H23N3O5S. The second kappa shape index (κ2) is 7.21. The van der Waals surface area contributed by atoms with Gasteiger partial charge in [0, 0.05) is 31.1 Å². The number of fused-ring (bicyclic) bond motifs is 1. The molecule has 0 spiro atoms.